The highest BCUT2D eigenvalue weighted by atomic mass is 16.3. The number of carbonyl (C=O) groups excluding carboxylic acids is 1. The number of nitrogens with zero attached hydrogens (tertiary/aromatic N) is 2. The SMILES string of the molecule is O=C(N1CCCc2ccccc21)N1C2C=C(c3cccc4[nH]c(O)cc34)CC1CC2. The largest absolute Gasteiger partial charge is 0.495 e. The summed E-state index contributed by atoms with van der Waals surface area (Å²) in [5, 5.41) is 10.9. The van der Waals surface area contributed by atoms with Crippen molar-refractivity contribution in [1.29, 1.82) is 0 Å². The minimum absolute atomic E-state index is 0.142. The second-order valence-electron chi connectivity index (χ2n) is 8.69. The number of H-pyrrole nitrogens is 1. The fourth-order valence-corrected chi connectivity index (χ4v) is 5.62. The number of urea groups is 1. The highest BCUT2D eigenvalue weighted by Crippen LogP contribution is 2.42. The second kappa shape index (κ2) is 6.66. The lowest BCUT2D eigenvalue weighted by Gasteiger charge is -2.39. The van der Waals surface area contributed by atoms with Crippen molar-refractivity contribution < 1.29 is 9.90 Å². The molecule has 2 N–H and O–H groups in total. The molecule has 5 heteroatoms. The fourth-order valence-electron chi connectivity index (χ4n) is 5.62. The van der Waals surface area contributed by atoms with Crippen molar-refractivity contribution in [1.82, 2.24) is 9.88 Å². The molecule has 30 heavy (non-hydrogen) atoms. The number of aromatic amines is 1. The van der Waals surface area contributed by atoms with Gasteiger partial charge in [0.15, 0.2) is 5.88 Å². The number of aromatic nitrogens is 1. The summed E-state index contributed by atoms with van der Waals surface area (Å²) in [6.07, 6.45) is 7.28. The summed E-state index contributed by atoms with van der Waals surface area (Å²) >= 11 is 0. The van der Waals surface area contributed by atoms with E-state index in [2.05, 4.69) is 40.2 Å². The number of fused-ring (bicyclic) bond motifs is 4. The predicted octanol–water partition coefficient (Wildman–Crippen LogP) is 5.07. The van der Waals surface area contributed by atoms with Crippen LogP contribution in [0.5, 0.6) is 5.88 Å². The minimum atomic E-state index is 0.142. The van der Waals surface area contributed by atoms with Gasteiger partial charge in [-0.1, -0.05) is 36.4 Å². The topological polar surface area (TPSA) is 59.6 Å². The zero-order valence-electron chi connectivity index (χ0n) is 16.8. The number of aryl methyl sites for hydroxylation is 1. The predicted molar refractivity (Wildman–Crippen MR) is 119 cm³/mol. The van der Waals surface area contributed by atoms with Crippen LogP contribution in [0, 0.1) is 0 Å². The van der Waals surface area contributed by atoms with Crippen LogP contribution in [-0.4, -0.2) is 39.6 Å². The lowest BCUT2D eigenvalue weighted by Crippen LogP contribution is -2.51. The molecule has 1 saturated heterocycles. The molecule has 2 aromatic carbocycles. The van der Waals surface area contributed by atoms with Crippen molar-refractivity contribution in [2.24, 2.45) is 0 Å². The maximum absolute atomic E-state index is 13.6. The first-order valence-corrected chi connectivity index (χ1v) is 10.9. The molecule has 1 fully saturated rings. The Bertz CT molecular complexity index is 1180. The van der Waals surface area contributed by atoms with Crippen molar-refractivity contribution in [2.45, 2.75) is 44.2 Å². The Morgan fingerprint density at radius 1 is 1.10 bits per heavy atom. The third kappa shape index (κ3) is 2.65. The van der Waals surface area contributed by atoms with Gasteiger partial charge in [0.1, 0.15) is 0 Å². The van der Waals surface area contributed by atoms with Gasteiger partial charge >= 0.3 is 6.03 Å². The molecule has 0 aliphatic carbocycles. The molecule has 0 spiro atoms. The van der Waals surface area contributed by atoms with Crippen LogP contribution in [0.3, 0.4) is 0 Å². The number of para-hydroxylation sites is 1. The number of anilines is 1. The molecule has 0 radical (unpaired) electrons. The molecule has 0 saturated carbocycles. The van der Waals surface area contributed by atoms with E-state index in [1.807, 2.05) is 23.1 Å². The van der Waals surface area contributed by atoms with Gasteiger partial charge in [0.05, 0.1) is 6.04 Å². The molecule has 152 valence electrons. The third-order valence-electron chi connectivity index (χ3n) is 6.95. The highest BCUT2D eigenvalue weighted by molar-refractivity contribution is 5.97. The normalized spacial score (nSPS) is 22.9. The van der Waals surface area contributed by atoms with Crippen molar-refractivity contribution in [3.05, 3.63) is 65.7 Å². The summed E-state index contributed by atoms with van der Waals surface area (Å²) in [5.74, 6) is 0.192. The van der Waals surface area contributed by atoms with Crippen LogP contribution in [0.15, 0.2) is 54.6 Å². The van der Waals surface area contributed by atoms with Crippen molar-refractivity contribution in [3.63, 3.8) is 0 Å². The molecular weight excluding hydrogens is 374 g/mol. The van der Waals surface area contributed by atoms with Crippen LogP contribution in [-0.2, 0) is 6.42 Å². The molecule has 2 amide bonds. The number of benzene rings is 2. The van der Waals surface area contributed by atoms with Crippen LogP contribution in [0.4, 0.5) is 10.5 Å². The molecule has 2 unspecified atom stereocenters. The van der Waals surface area contributed by atoms with Crippen LogP contribution in [0.2, 0.25) is 0 Å². The van der Waals surface area contributed by atoms with Crippen LogP contribution in [0.1, 0.15) is 36.8 Å². The molecule has 3 aromatic rings. The van der Waals surface area contributed by atoms with Gasteiger partial charge in [-0.15, -0.1) is 0 Å². The Balaban J connectivity index is 1.34. The zero-order chi connectivity index (χ0) is 20.2. The lowest BCUT2D eigenvalue weighted by atomic mass is 9.92. The second-order valence-corrected chi connectivity index (χ2v) is 8.69. The maximum atomic E-state index is 13.6. The molecule has 3 aliphatic heterocycles. The summed E-state index contributed by atoms with van der Waals surface area (Å²) < 4.78 is 0. The molecule has 1 aromatic heterocycles. The smallest absolute Gasteiger partial charge is 0.325 e. The Morgan fingerprint density at radius 3 is 2.90 bits per heavy atom. The number of rotatable bonds is 1. The average molecular weight is 399 g/mol. The highest BCUT2D eigenvalue weighted by Gasteiger charge is 2.42. The average Bonchev–Trinajstić information content (AvgIpc) is 3.28. The number of aromatic hydroxyl groups is 1. The molecule has 5 nitrogen and oxygen atoms in total. The van der Waals surface area contributed by atoms with Gasteiger partial charge in [-0.25, -0.2) is 4.79 Å². The zero-order valence-corrected chi connectivity index (χ0v) is 16.8. The van der Waals surface area contributed by atoms with E-state index in [1.54, 1.807) is 6.07 Å². The molecule has 2 bridgehead atoms. The standard InChI is InChI=1S/C25H25N3O2/c29-24-15-21-20(7-3-8-22(21)26-24)17-13-18-10-11-19(14-17)28(18)25(30)27-12-4-6-16-5-1-2-9-23(16)27/h1-3,5,7-9,13,15,18-19,26,29H,4,6,10-12,14H2. The Hall–Kier alpha value is -3.21. The summed E-state index contributed by atoms with van der Waals surface area (Å²) in [6, 6.07) is 16.8. The van der Waals surface area contributed by atoms with Crippen LogP contribution < -0.4 is 4.90 Å². The first-order chi connectivity index (χ1) is 14.7. The van der Waals surface area contributed by atoms with E-state index in [1.165, 1.54) is 11.1 Å². The first kappa shape index (κ1) is 17.6. The van der Waals surface area contributed by atoms with Gasteiger partial charge < -0.3 is 15.0 Å². The van der Waals surface area contributed by atoms with Crippen LogP contribution in [0.25, 0.3) is 16.5 Å². The summed E-state index contributed by atoms with van der Waals surface area (Å²) in [6.45, 7) is 0.796. The van der Waals surface area contributed by atoms with Gasteiger partial charge in [-0.2, -0.15) is 0 Å². The van der Waals surface area contributed by atoms with Gasteiger partial charge in [-0.3, -0.25) is 4.90 Å². The van der Waals surface area contributed by atoms with Gasteiger partial charge in [0.2, 0.25) is 0 Å². The summed E-state index contributed by atoms with van der Waals surface area (Å²) in [7, 11) is 0. The molecule has 2 atom stereocenters. The number of hydrogen-bond donors (Lipinski definition) is 2. The quantitative estimate of drug-likeness (QED) is 0.600. The summed E-state index contributed by atoms with van der Waals surface area (Å²) in [4.78, 5) is 20.8. The fraction of sp³-hybridized carbons (Fsp3) is 0.320. The number of amides is 2. The van der Waals surface area contributed by atoms with E-state index >= 15 is 0 Å². The first-order valence-electron chi connectivity index (χ1n) is 10.9. The Labute approximate surface area is 175 Å². The van der Waals surface area contributed by atoms with Crippen molar-refractivity contribution >= 4 is 28.2 Å². The van der Waals surface area contributed by atoms with E-state index < -0.39 is 0 Å². The molecule has 3 aliphatic rings. The van der Waals surface area contributed by atoms with E-state index in [0.29, 0.717) is 0 Å². The molecule has 6 rings (SSSR count). The Morgan fingerprint density at radius 2 is 2.00 bits per heavy atom. The van der Waals surface area contributed by atoms with Gasteiger partial charge in [-0.05, 0) is 60.9 Å². The maximum Gasteiger partial charge on any atom is 0.325 e. The van der Waals surface area contributed by atoms with Gasteiger partial charge in [0, 0.05) is 35.2 Å². The Kier molecular flexibility index (Phi) is 3.91. The minimum Gasteiger partial charge on any atom is -0.495 e. The monoisotopic (exact) mass is 399 g/mol. The number of hydrogen-bond acceptors (Lipinski definition) is 2. The number of nitrogens with one attached hydrogen (secondary N) is 1. The molecule has 4 heterocycles. The van der Waals surface area contributed by atoms with E-state index in [0.717, 1.165) is 60.8 Å². The van der Waals surface area contributed by atoms with E-state index in [-0.39, 0.29) is 24.0 Å². The lowest BCUT2D eigenvalue weighted by molar-refractivity contribution is 0.186. The van der Waals surface area contributed by atoms with Crippen molar-refractivity contribution in [2.75, 3.05) is 11.4 Å². The third-order valence-corrected chi connectivity index (χ3v) is 6.95. The van der Waals surface area contributed by atoms with Crippen LogP contribution >= 0.6 is 0 Å². The number of carbonyl (C=O) groups is 1. The van der Waals surface area contributed by atoms with E-state index in [9.17, 15) is 9.90 Å². The molecular formula is C25H25N3O2. The summed E-state index contributed by atoms with van der Waals surface area (Å²) in [5.41, 5.74) is 5.75. The van der Waals surface area contributed by atoms with E-state index in [4.69, 9.17) is 0 Å². The van der Waals surface area contributed by atoms with Crippen molar-refractivity contribution in [3.8, 4) is 5.88 Å². The van der Waals surface area contributed by atoms with Gasteiger partial charge in [0.25, 0.3) is 0 Å².